The van der Waals surface area contributed by atoms with Crippen molar-refractivity contribution in [3.63, 3.8) is 0 Å². The van der Waals surface area contributed by atoms with E-state index >= 15 is 0 Å². The molecule has 1 aromatic rings. The topological polar surface area (TPSA) is 74.7 Å². The van der Waals surface area contributed by atoms with Gasteiger partial charge < -0.3 is 5.11 Å². The number of carboxylic acids is 1. The van der Waals surface area contributed by atoms with Gasteiger partial charge in [-0.25, -0.2) is 8.42 Å². The smallest absolute Gasteiger partial charge is 0.322 e. The van der Waals surface area contributed by atoms with Crippen molar-refractivity contribution in [2.24, 2.45) is 5.92 Å². The number of thiophene rings is 1. The van der Waals surface area contributed by atoms with Crippen LogP contribution in [0.3, 0.4) is 0 Å². The number of aliphatic carboxylic acids is 1. The zero-order chi connectivity index (χ0) is 16.1. The van der Waals surface area contributed by atoms with E-state index in [4.69, 9.17) is 0 Å². The van der Waals surface area contributed by atoms with Crippen molar-refractivity contribution < 1.29 is 18.3 Å². The average molecular weight is 343 g/mol. The molecule has 2 heterocycles. The van der Waals surface area contributed by atoms with Crippen LogP contribution in [0.25, 0.3) is 0 Å². The number of carboxylic acid groups (broad SMARTS) is 1. The van der Waals surface area contributed by atoms with Crippen molar-refractivity contribution in [1.29, 1.82) is 0 Å². The van der Waals surface area contributed by atoms with Crippen LogP contribution in [0.4, 0.5) is 0 Å². The third-order valence-electron chi connectivity index (χ3n) is 4.86. The van der Waals surface area contributed by atoms with Crippen LogP contribution in [0, 0.1) is 19.8 Å². The lowest BCUT2D eigenvalue weighted by atomic mass is 9.85. The van der Waals surface area contributed by atoms with Gasteiger partial charge in [0.15, 0.2) is 0 Å². The summed E-state index contributed by atoms with van der Waals surface area (Å²) in [6.45, 7) is 3.66. The van der Waals surface area contributed by atoms with Gasteiger partial charge in [-0.2, -0.15) is 4.31 Å². The highest BCUT2D eigenvalue weighted by molar-refractivity contribution is 7.89. The van der Waals surface area contributed by atoms with Gasteiger partial charge in [-0.15, -0.1) is 11.3 Å². The highest BCUT2D eigenvalue weighted by Crippen LogP contribution is 2.43. The van der Waals surface area contributed by atoms with Crippen LogP contribution in [-0.2, 0) is 14.8 Å². The number of nitrogens with zero attached hydrogens (tertiary/aromatic N) is 1. The Kier molecular flexibility index (Phi) is 4.07. The summed E-state index contributed by atoms with van der Waals surface area (Å²) in [5, 5.41) is 9.51. The van der Waals surface area contributed by atoms with E-state index in [1.807, 2.05) is 6.92 Å². The molecule has 0 aromatic carbocycles. The molecule has 3 atom stereocenters. The van der Waals surface area contributed by atoms with Crippen molar-refractivity contribution in [2.45, 2.75) is 62.9 Å². The molecule has 1 aromatic heterocycles. The second kappa shape index (κ2) is 5.62. The fourth-order valence-electron chi connectivity index (χ4n) is 3.95. The lowest BCUT2D eigenvalue weighted by Gasteiger charge is -2.32. The van der Waals surface area contributed by atoms with E-state index in [0.717, 1.165) is 35.4 Å². The predicted octanol–water partition coefficient (Wildman–Crippen LogP) is 2.77. The number of hydrogen-bond acceptors (Lipinski definition) is 4. The molecule has 1 N–H and O–H groups in total. The van der Waals surface area contributed by atoms with Gasteiger partial charge in [-0.1, -0.05) is 12.8 Å². The zero-order valence-electron chi connectivity index (χ0n) is 12.8. The lowest BCUT2D eigenvalue weighted by Crippen LogP contribution is -2.46. The van der Waals surface area contributed by atoms with Gasteiger partial charge in [0, 0.05) is 15.8 Å². The standard InChI is InChI=1S/C15H21NO4S2/c1-9-7-14(10(2)21-9)22(19,20)16-12-6-4-3-5-11(12)8-13(16)15(17)18/h7,11-13H,3-6,8H2,1-2H3,(H,17,18). The average Bonchev–Trinajstić information content (AvgIpc) is 2.99. The number of fused-ring (bicyclic) bond motifs is 1. The minimum absolute atomic E-state index is 0.153. The summed E-state index contributed by atoms with van der Waals surface area (Å²) in [6.07, 6.45) is 4.19. The van der Waals surface area contributed by atoms with E-state index in [-0.39, 0.29) is 16.9 Å². The molecule has 3 rings (SSSR count). The third kappa shape index (κ3) is 2.49. The number of aryl methyl sites for hydroxylation is 2. The van der Waals surface area contributed by atoms with Crippen LogP contribution in [0.15, 0.2) is 11.0 Å². The van der Waals surface area contributed by atoms with Crippen LogP contribution < -0.4 is 0 Å². The molecule has 1 aliphatic heterocycles. The van der Waals surface area contributed by atoms with Crippen LogP contribution in [0.2, 0.25) is 0 Å². The molecule has 3 unspecified atom stereocenters. The molecule has 0 bridgehead atoms. The molecular formula is C15H21NO4S2. The maximum atomic E-state index is 13.1. The highest BCUT2D eigenvalue weighted by Gasteiger charge is 2.51. The van der Waals surface area contributed by atoms with Gasteiger partial charge in [0.2, 0.25) is 10.0 Å². The van der Waals surface area contributed by atoms with Gasteiger partial charge in [0.1, 0.15) is 6.04 Å². The first-order chi connectivity index (χ1) is 10.3. The predicted molar refractivity (Wildman–Crippen MR) is 84.6 cm³/mol. The quantitative estimate of drug-likeness (QED) is 0.916. The Labute approximate surface area is 135 Å². The van der Waals surface area contributed by atoms with E-state index in [9.17, 15) is 18.3 Å². The van der Waals surface area contributed by atoms with E-state index in [0.29, 0.717) is 6.42 Å². The Hall–Kier alpha value is -0.920. The first-order valence-electron chi connectivity index (χ1n) is 7.65. The molecule has 0 radical (unpaired) electrons. The summed E-state index contributed by atoms with van der Waals surface area (Å²) in [7, 11) is -3.75. The van der Waals surface area contributed by atoms with Crippen molar-refractivity contribution in [2.75, 3.05) is 0 Å². The number of carbonyl (C=O) groups is 1. The van der Waals surface area contributed by atoms with E-state index in [1.165, 1.54) is 15.6 Å². The fraction of sp³-hybridized carbons (Fsp3) is 0.667. The van der Waals surface area contributed by atoms with Gasteiger partial charge >= 0.3 is 5.97 Å². The molecule has 122 valence electrons. The molecular weight excluding hydrogens is 322 g/mol. The minimum atomic E-state index is -3.75. The highest BCUT2D eigenvalue weighted by atomic mass is 32.2. The molecule has 22 heavy (non-hydrogen) atoms. The van der Waals surface area contributed by atoms with Gasteiger partial charge in [0.05, 0.1) is 4.90 Å². The summed E-state index contributed by atoms with van der Waals surface area (Å²) in [4.78, 5) is 13.6. The van der Waals surface area contributed by atoms with Crippen molar-refractivity contribution in [3.05, 3.63) is 15.8 Å². The molecule has 0 spiro atoms. The Bertz CT molecular complexity index is 694. The Balaban J connectivity index is 2.06. The second-order valence-corrected chi connectivity index (χ2v) is 9.59. The van der Waals surface area contributed by atoms with E-state index in [2.05, 4.69) is 0 Å². The van der Waals surface area contributed by atoms with Crippen LogP contribution in [0.1, 0.15) is 41.9 Å². The Morgan fingerprint density at radius 1 is 1.32 bits per heavy atom. The molecule has 0 amide bonds. The molecule has 1 saturated heterocycles. The summed E-state index contributed by atoms with van der Waals surface area (Å²) >= 11 is 1.44. The maximum absolute atomic E-state index is 13.1. The van der Waals surface area contributed by atoms with Gasteiger partial charge in [-0.3, -0.25) is 4.79 Å². The number of hydrogen-bond donors (Lipinski definition) is 1. The van der Waals surface area contributed by atoms with Crippen LogP contribution >= 0.6 is 11.3 Å². The summed E-state index contributed by atoms with van der Waals surface area (Å²) in [5.74, 6) is -0.841. The van der Waals surface area contributed by atoms with Crippen molar-refractivity contribution in [1.82, 2.24) is 4.31 Å². The minimum Gasteiger partial charge on any atom is -0.480 e. The van der Waals surface area contributed by atoms with Gasteiger partial charge in [-0.05, 0) is 45.1 Å². The number of sulfonamides is 1. The van der Waals surface area contributed by atoms with Gasteiger partial charge in [0.25, 0.3) is 0 Å². The summed E-state index contributed by atoms with van der Waals surface area (Å²) in [5.41, 5.74) is 0. The SMILES string of the molecule is Cc1cc(S(=O)(=O)N2C(C(=O)O)CC3CCCCC32)c(C)s1. The van der Waals surface area contributed by atoms with Crippen LogP contribution in [0.5, 0.6) is 0 Å². The molecule has 2 fully saturated rings. The third-order valence-corrected chi connectivity index (χ3v) is 8.02. The summed E-state index contributed by atoms with van der Waals surface area (Å²) in [6, 6.07) is 0.599. The van der Waals surface area contributed by atoms with Crippen LogP contribution in [-0.4, -0.2) is 35.9 Å². The summed E-state index contributed by atoms with van der Waals surface area (Å²) < 4.78 is 27.5. The first-order valence-corrected chi connectivity index (χ1v) is 9.91. The Morgan fingerprint density at radius 2 is 2.00 bits per heavy atom. The largest absolute Gasteiger partial charge is 0.480 e. The number of rotatable bonds is 3. The monoisotopic (exact) mass is 343 g/mol. The molecule has 5 nitrogen and oxygen atoms in total. The first kappa shape index (κ1) is 16.0. The van der Waals surface area contributed by atoms with E-state index < -0.39 is 22.0 Å². The van der Waals surface area contributed by atoms with Crippen molar-refractivity contribution >= 4 is 27.3 Å². The normalized spacial score (nSPS) is 29.5. The lowest BCUT2D eigenvalue weighted by molar-refractivity contribution is -0.141. The molecule has 2 aliphatic rings. The van der Waals surface area contributed by atoms with Crippen molar-refractivity contribution in [3.8, 4) is 0 Å². The fourth-order valence-corrected chi connectivity index (χ4v) is 7.35. The Morgan fingerprint density at radius 3 is 2.59 bits per heavy atom. The molecule has 1 saturated carbocycles. The molecule has 1 aliphatic carbocycles. The molecule has 7 heteroatoms. The maximum Gasteiger partial charge on any atom is 0.322 e. The second-order valence-electron chi connectivity index (χ2n) is 6.31. The van der Waals surface area contributed by atoms with E-state index in [1.54, 1.807) is 13.0 Å². The zero-order valence-corrected chi connectivity index (χ0v) is 14.4.